The average molecular weight is 467 g/mol. The van der Waals surface area contributed by atoms with Crippen LogP contribution in [0.5, 0.6) is 5.75 Å². The largest absolute Gasteiger partial charge is 0.507 e. The zero-order chi connectivity index (χ0) is 24.4. The van der Waals surface area contributed by atoms with Crippen molar-refractivity contribution in [2.24, 2.45) is 0 Å². The summed E-state index contributed by atoms with van der Waals surface area (Å²) in [5, 5.41) is 12.6. The zero-order valence-electron chi connectivity index (χ0n) is 17.8. The maximum absolute atomic E-state index is 14.2. The Morgan fingerprint density at radius 3 is 2.68 bits per heavy atom. The van der Waals surface area contributed by atoms with E-state index in [1.165, 1.54) is 31.3 Å². The molecule has 174 valence electrons. The van der Waals surface area contributed by atoms with Crippen LogP contribution in [0.2, 0.25) is 0 Å². The van der Waals surface area contributed by atoms with Crippen LogP contribution >= 0.6 is 0 Å². The third kappa shape index (κ3) is 4.40. The van der Waals surface area contributed by atoms with E-state index in [1.807, 2.05) is 0 Å². The highest BCUT2D eigenvalue weighted by Gasteiger charge is 2.28. The molecule has 34 heavy (non-hydrogen) atoms. The highest BCUT2D eigenvalue weighted by molar-refractivity contribution is 5.85. The lowest BCUT2D eigenvalue weighted by molar-refractivity contribution is -0.125. The molecule has 0 aliphatic carbocycles. The summed E-state index contributed by atoms with van der Waals surface area (Å²) in [5.74, 6) is -3.00. The van der Waals surface area contributed by atoms with Crippen molar-refractivity contribution < 1.29 is 18.7 Å². The van der Waals surface area contributed by atoms with Gasteiger partial charge >= 0.3 is 5.69 Å². The maximum Gasteiger partial charge on any atom is 0.329 e. The van der Waals surface area contributed by atoms with E-state index >= 15 is 0 Å². The predicted octanol–water partition coefficient (Wildman–Crippen LogP) is 2.12. The number of benzene rings is 1. The molecule has 4 rings (SSSR count). The van der Waals surface area contributed by atoms with Crippen molar-refractivity contribution in [1.29, 1.82) is 0 Å². The van der Waals surface area contributed by atoms with Crippen molar-refractivity contribution in [3.8, 4) is 5.75 Å². The summed E-state index contributed by atoms with van der Waals surface area (Å²) in [6, 6.07) is 7.37. The Balaban J connectivity index is 1.79. The average Bonchev–Trinajstić information content (AvgIpc) is 2.78. The second-order valence-corrected chi connectivity index (χ2v) is 7.60. The molecule has 3 heterocycles. The number of aromatic amines is 1. The first kappa shape index (κ1) is 22.8. The number of rotatable bonds is 6. The Bertz CT molecular complexity index is 1490. The first-order valence-electron chi connectivity index (χ1n) is 10.2. The van der Waals surface area contributed by atoms with E-state index < -0.39 is 40.9 Å². The number of nitrogens with one attached hydrogen (secondary N) is 2. The molecule has 11 heteroatoms. The summed E-state index contributed by atoms with van der Waals surface area (Å²) in [4.78, 5) is 49.7. The predicted molar refractivity (Wildman–Crippen MR) is 118 cm³/mol. The summed E-state index contributed by atoms with van der Waals surface area (Å²) < 4.78 is 28.1. The van der Waals surface area contributed by atoms with Gasteiger partial charge in [0.1, 0.15) is 28.8 Å². The quantitative estimate of drug-likeness (QED) is 0.398. The number of phenols is 1. The lowest BCUT2D eigenvalue weighted by atomic mass is 10.1. The van der Waals surface area contributed by atoms with Crippen LogP contribution in [0.1, 0.15) is 30.4 Å². The Morgan fingerprint density at radius 1 is 1.18 bits per heavy atom. The molecular weight excluding hydrogens is 448 g/mol. The molecule has 0 saturated carbocycles. The van der Waals surface area contributed by atoms with Crippen molar-refractivity contribution in [2.45, 2.75) is 25.4 Å². The van der Waals surface area contributed by atoms with Crippen LogP contribution in [-0.2, 0) is 11.2 Å². The van der Waals surface area contributed by atoms with Gasteiger partial charge in [0.15, 0.2) is 0 Å². The lowest BCUT2D eigenvalue weighted by Gasteiger charge is -2.22. The second kappa shape index (κ2) is 9.22. The van der Waals surface area contributed by atoms with Gasteiger partial charge in [0.2, 0.25) is 5.91 Å². The maximum atomic E-state index is 14.2. The van der Waals surface area contributed by atoms with Crippen LogP contribution in [0.4, 0.5) is 8.78 Å². The minimum Gasteiger partial charge on any atom is -0.507 e. The third-order valence-electron chi connectivity index (χ3n) is 5.28. The molecule has 4 aromatic rings. The number of amides is 1. The number of halogens is 2. The van der Waals surface area contributed by atoms with Gasteiger partial charge < -0.3 is 15.4 Å². The fraction of sp³-hybridized carbons (Fsp3) is 0.174. The van der Waals surface area contributed by atoms with Crippen LogP contribution in [0.3, 0.4) is 0 Å². The van der Waals surface area contributed by atoms with Gasteiger partial charge in [-0.3, -0.25) is 19.6 Å². The van der Waals surface area contributed by atoms with Crippen LogP contribution in [-0.4, -0.2) is 30.5 Å². The number of phenolic OH excluding ortho intramolecular Hbond substituents is 1. The fourth-order valence-electron chi connectivity index (χ4n) is 3.68. The van der Waals surface area contributed by atoms with Gasteiger partial charge in [-0.1, -0.05) is 12.1 Å². The number of hydrogen-bond donors (Lipinski definition) is 3. The Labute approximate surface area is 190 Å². The first-order chi connectivity index (χ1) is 16.3. The topological polar surface area (TPSA) is 130 Å². The molecule has 2 atom stereocenters. The van der Waals surface area contributed by atoms with Crippen LogP contribution < -0.4 is 16.6 Å². The van der Waals surface area contributed by atoms with Crippen LogP contribution in [0, 0.1) is 11.6 Å². The molecule has 0 saturated heterocycles. The normalized spacial score (nSPS) is 12.9. The molecule has 0 bridgehead atoms. The third-order valence-corrected chi connectivity index (χ3v) is 5.28. The number of nitrogens with zero attached hydrogens (tertiary/aromatic N) is 3. The molecule has 0 unspecified atom stereocenters. The summed E-state index contributed by atoms with van der Waals surface area (Å²) in [6.07, 6.45) is 2.15. The number of carbonyl (C=O) groups is 1. The van der Waals surface area contributed by atoms with Crippen LogP contribution in [0.25, 0.3) is 10.9 Å². The minimum atomic E-state index is -1.40. The minimum absolute atomic E-state index is 0.106. The number of pyridine rings is 2. The van der Waals surface area contributed by atoms with Crippen molar-refractivity contribution in [3.05, 3.63) is 98.7 Å². The molecule has 1 amide bonds. The molecule has 0 aliphatic heterocycles. The number of fused-ring (bicyclic) bond motifs is 1. The smallest absolute Gasteiger partial charge is 0.329 e. The first-order valence-corrected chi connectivity index (χ1v) is 10.2. The molecule has 1 aromatic carbocycles. The number of H-pyrrole nitrogens is 1. The van der Waals surface area contributed by atoms with Gasteiger partial charge in [-0.25, -0.2) is 18.1 Å². The standard InChI is InChI=1S/C23H19F2N5O4/c1-12(20-15(25)9-13(24)11-27-20)28-21(32)17(10-14-5-2-3-8-26-14)30-22(33)19-16(29-23(30)34)6-4-7-18(19)31/h2-9,11-12,17,31H,10H2,1H3,(H,28,32)(H,29,34)/t12-,17+/m0/s1. The molecule has 0 radical (unpaired) electrons. The van der Waals surface area contributed by atoms with Gasteiger partial charge in [-0.05, 0) is 31.2 Å². The second-order valence-electron chi connectivity index (χ2n) is 7.60. The molecular formula is C23H19F2N5O4. The Hall–Kier alpha value is -4.41. The molecule has 3 N–H and O–H groups in total. The summed E-state index contributed by atoms with van der Waals surface area (Å²) in [6.45, 7) is 1.43. The Kier molecular flexibility index (Phi) is 6.17. The van der Waals surface area contributed by atoms with Crippen molar-refractivity contribution >= 4 is 16.8 Å². The monoisotopic (exact) mass is 467 g/mol. The van der Waals surface area contributed by atoms with Gasteiger partial charge in [0, 0.05) is 24.4 Å². The van der Waals surface area contributed by atoms with Gasteiger partial charge in [-0.15, -0.1) is 0 Å². The van der Waals surface area contributed by atoms with Crippen molar-refractivity contribution in [1.82, 2.24) is 24.8 Å². The van der Waals surface area contributed by atoms with Crippen LogP contribution in [0.15, 0.2) is 64.4 Å². The lowest BCUT2D eigenvalue weighted by Crippen LogP contribution is -2.46. The fourth-order valence-corrected chi connectivity index (χ4v) is 3.68. The van der Waals surface area contributed by atoms with E-state index in [9.17, 15) is 28.3 Å². The number of aromatic nitrogens is 4. The van der Waals surface area contributed by atoms with Crippen molar-refractivity contribution in [3.63, 3.8) is 0 Å². The SMILES string of the molecule is C[C@H](NC(=O)[C@@H](Cc1ccccn1)n1c(=O)[nH]c2cccc(O)c2c1=O)c1ncc(F)cc1F. The Morgan fingerprint density at radius 2 is 1.97 bits per heavy atom. The summed E-state index contributed by atoms with van der Waals surface area (Å²) in [7, 11) is 0. The zero-order valence-corrected chi connectivity index (χ0v) is 17.8. The highest BCUT2D eigenvalue weighted by atomic mass is 19.1. The number of hydrogen-bond acceptors (Lipinski definition) is 6. The van der Waals surface area contributed by atoms with E-state index in [-0.39, 0.29) is 28.8 Å². The molecule has 0 spiro atoms. The van der Waals surface area contributed by atoms with Gasteiger partial charge in [-0.2, -0.15) is 0 Å². The van der Waals surface area contributed by atoms with Gasteiger partial charge in [0.05, 0.1) is 23.4 Å². The van der Waals surface area contributed by atoms with E-state index in [1.54, 1.807) is 18.2 Å². The summed E-state index contributed by atoms with van der Waals surface area (Å²) >= 11 is 0. The molecule has 0 aliphatic rings. The molecule has 9 nitrogen and oxygen atoms in total. The van der Waals surface area contributed by atoms with Gasteiger partial charge in [0.25, 0.3) is 5.56 Å². The molecule has 3 aromatic heterocycles. The summed E-state index contributed by atoms with van der Waals surface area (Å²) in [5.41, 5.74) is -1.47. The number of aromatic hydroxyl groups is 1. The van der Waals surface area contributed by atoms with E-state index in [4.69, 9.17) is 0 Å². The number of carbonyl (C=O) groups excluding carboxylic acids is 1. The van der Waals surface area contributed by atoms with E-state index in [2.05, 4.69) is 20.3 Å². The van der Waals surface area contributed by atoms with E-state index in [0.29, 0.717) is 16.3 Å². The van der Waals surface area contributed by atoms with E-state index in [0.717, 1.165) is 6.20 Å². The van der Waals surface area contributed by atoms with Crippen molar-refractivity contribution in [2.75, 3.05) is 0 Å². The highest BCUT2D eigenvalue weighted by Crippen LogP contribution is 2.20. The molecule has 0 fully saturated rings.